The lowest BCUT2D eigenvalue weighted by atomic mass is 9.98. The topological polar surface area (TPSA) is 67.5 Å². The molecule has 0 rings (SSSR count). The first-order chi connectivity index (χ1) is 7.05. The Bertz CT molecular complexity index is 152. The summed E-state index contributed by atoms with van der Waals surface area (Å²) in [5, 5.41) is 12.0. The minimum Gasteiger partial charge on any atom is -0.396 e. The summed E-state index contributed by atoms with van der Waals surface area (Å²) in [6.45, 7) is 5.91. The Morgan fingerprint density at radius 3 is 2.53 bits per heavy atom. The third-order valence-corrected chi connectivity index (χ3v) is 2.59. The lowest BCUT2D eigenvalue weighted by molar-refractivity contribution is 0.00777. The van der Waals surface area contributed by atoms with Crippen molar-refractivity contribution in [2.45, 2.75) is 44.8 Å². The molecule has 0 saturated carbocycles. The largest absolute Gasteiger partial charge is 0.396 e. The Morgan fingerprint density at radius 1 is 1.40 bits per heavy atom. The molecule has 0 aromatic carbocycles. The minimum atomic E-state index is -0.131. The van der Waals surface area contributed by atoms with E-state index in [1.54, 1.807) is 7.11 Å². The highest BCUT2D eigenvalue weighted by Crippen LogP contribution is 2.15. The molecule has 0 radical (unpaired) electrons. The van der Waals surface area contributed by atoms with Gasteiger partial charge in [-0.2, -0.15) is 0 Å². The Balaban J connectivity index is 3.72. The van der Waals surface area contributed by atoms with Gasteiger partial charge in [-0.3, -0.25) is 0 Å². The van der Waals surface area contributed by atoms with Crippen LogP contribution in [-0.4, -0.2) is 43.6 Å². The lowest BCUT2D eigenvalue weighted by Crippen LogP contribution is -2.42. The highest BCUT2D eigenvalue weighted by Gasteiger charge is 2.21. The Kier molecular flexibility index (Phi) is 7.96. The monoisotopic (exact) mass is 218 g/mol. The number of hydrogen-bond donors (Lipinski definition) is 3. The molecule has 0 aromatic heterocycles. The lowest BCUT2D eigenvalue weighted by Gasteiger charge is -2.28. The zero-order valence-corrected chi connectivity index (χ0v) is 10.3. The van der Waals surface area contributed by atoms with Crippen molar-refractivity contribution >= 4 is 0 Å². The number of aliphatic hydroxyl groups excluding tert-OH is 1. The molecule has 0 amide bonds. The standard InChI is InChI=1S/C11H26N2O2/c1-11(2,15-3)8-10(9-12)13-6-4-5-7-14/h10,13-14H,4-9,12H2,1-3H3. The van der Waals surface area contributed by atoms with Gasteiger partial charge in [-0.1, -0.05) is 0 Å². The maximum absolute atomic E-state index is 8.64. The fourth-order valence-electron chi connectivity index (χ4n) is 1.46. The van der Waals surface area contributed by atoms with Crippen LogP contribution in [0.5, 0.6) is 0 Å². The summed E-state index contributed by atoms with van der Waals surface area (Å²) in [5.41, 5.74) is 5.55. The third-order valence-electron chi connectivity index (χ3n) is 2.59. The van der Waals surface area contributed by atoms with Crippen LogP contribution < -0.4 is 11.1 Å². The van der Waals surface area contributed by atoms with Gasteiger partial charge >= 0.3 is 0 Å². The van der Waals surface area contributed by atoms with Crippen LogP contribution in [0.3, 0.4) is 0 Å². The second-order valence-electron chi connectivity index (χ2n) is 4.49. The molecule has 15 heavy (non-hydrogen) atoms. The van der Waals surface area contributed by atoms with Crippen LogP contribution >= 0.6 is 0 Å². The summed E-state index contributed by atoms with van der Waals surface area (Å²) in [6, 6.07) is 0.290. The number of nitrogens with one attached hydrogen (secondary N) is 1. The summed E-state index contributed by atoms with van der Waals surface area (Å²) >= 11 is 0. The van der Waals surface area contributed by atoms with Gasteiger partial charge in [-0.25, -0.2) is 0 Å². The first-order valence-corrected chi connectivity index (χ1v) is 5.65. The SMILES string of the molecule is COC(C)(C)CC(CN)NCCCCO. The van der Waals surface area contributed by atoms with E-state index in [4.69, 9.17) is 15.6 Å². The maximum atomic E-state index is 8.64. The van der Waals surface area contributed by atoms with Crippen molar-refractivity contribution in [2.75, 3.05) is 26.8 Å². The van der Waals surface area contributed by atoms with Crippen molar-refractivity contribution in [3.8, 4) is 0 Å². The first-order valence-electron chi connectivity index (χ1n) is 5.65. The number of unbranched alkanes of at least 4 members (excludes halogenated alkanes) is 1. The molecule has 0 fully saturated rings. The van der Waals surface area contributed by atoms with E-state index in [1.165, 1.54) is 0 Å². The molecule has 0 aliphatic carbocycles. The fourth-order valence-corrected chi connectivity index (χ4v) is 1.46. The van der Waals surface area contributed by atoms with E-state index in [0.29, 0.717) is 12.6 Å². The third kappa shape index (κ3) is 7.73. The molecule has 4 nitrogen and oxygen atoms in total. The van der Waals surface area contributed by atoms with E-state index in [9.17, 15) is 0 Å². The molecule has 0 spiro atoms. The van der Waals surface area contributed by atoms with Gasteiger partial charge in [0.15, 0.2) is 0 Å². The number of methoxy groups -OCH3 is 1. The molecular formula is C11H26N2O2. The summed E-state index contributed by atoms with van der Waals surface area (Å²) in [5.74, 6) is 0. The molecule has 0 saturated heterocycles. The predicted octanol–water partition coefficient (Wildman–Crippen LogP) is 0.491. The van der Waals surface area contributed by atoms with E-state index in [-0.39, 0.29) is 12.2 Å². The van der Waals surface area contributed by atoms with Gasteiger partial charge in [0.1, 0.15) is 0 Å². The van der Waals surface area contributed by atoms with Crippen LogP contribution in [0.4, 0.5) is 0 Å². The van der Waals surface area contributed by atoms with Crippen molar-refractivity contribution in [3.63, 3.8) is 0 Å². The van der Waals surface area contributed by atoms with Crippen molar-refractivity contribution in [3.05, 3.63) is 0 Å². The van der Waals surface area contributed by atoms with Gasteiger partial charge in [-0.15, -0.1) is 0 Å². The molecule has 4 heteroatoms. The quantitative estimate of drug-likeness (QED) is 0.493. The van der Waals surface area contributed by atoms with Crippen LogP contribution in [0.25, 0.3) is 0 Å². The highest BCUT2D eigenvalue weighted by atomic mass is 16.5. The van der Waals surface area contributed by atoms with Gasteiger partial charge in [0.2, 0.25) is 0 Å². The molecule has 92 valence electrons. The van der Waals surface area contributed by atoms with Gasteiger partial charge in [0.25, 0.3) is 0 Å². The molecule has 1 atom stereocenters. The van der Waals surface area contributed by atoms with Crippen LogP contribution in [0.2, 0.25) is 0 Å². The molecule has 1 unspecified atom stereocenters. The van der Waals surface area contributed by atoms with Crippen LogP contribution in [0.1, 0.15) is 33.1 Å². The predicted molar refractivity (Wildman–Crippen MR) is 62.9 cm³/mol. The van der Waals surface area contributed by atoms with Gasteiger partial charge in [0, 0.05) is 26.3 Å². The molecule has 0 aliphatic rings. The van der Waals surface area contributed by atoms with Gasteiger partial charge in [0.05, 0.1) is 5.60 Å². The van der Waals surface area contributed by atoms with Crippen LogP contribution in [0.15, 0.2) is 0 Å². The molecule has 0 heterocycles. The van der Waals surface area contributed by atoms with E-state index >= 15 is 0 Å². The smallest absolute Gasteiger partial charge is 0.0638 e. The zero-order valence-electron chi connectivity index (χ0n) is 10.3. The number of aliphatic hydroxyl groups is 1. The molecule has 0 aliphatic heterocycles. The van der Waals surface area contributed by atoms with Crippen molar-refractivity contribution in [2.24, 2.45) is 5.73 Å². The van der Waals surface area contributed by atoms with Gasteiger partial charge in [-0.05, 0) is 39.7 Å². The number of rotatable bonds is 9. The Labute approximate surface area is 93.2 Å². The van der Waals surface area contributed by atoms with E-state index < -0.39 is 0 Å². The molecule has 4 N–H and O–H groups in total. The van der Waals surface area contributed by atoms with Crippen molar-refractivity contribution < 1.29 is 9.84 Å². The summed E-state index contributed by atoms with van der Waals surface area (Å²) < 4.78 is 5.36. The minimum absolute atomic E-state index is 0.131. The Hall–Kier alpha value is -0.160. The second kappa shape index (κ2) is 8.05. The van der Waals surface area contributed by atoms with E-state index in [1.807, 2.05) is 0 Å². The zero-order chi connectivity index (χ0) is 11.7. The van der Waals surface area contributed by atoms with Gasteiger partial charge < -0.3 is 20.9 Å². The average Bonchev–Trinajstić information content (AvgIpc) is 2.22. The fraction of sp³-hybridized carbons (Fsp3) is 1.00. The maximum Gasteiger partial charge on any atom is 0.0638 e. The average molecular weight is 218 g/mol. The molecule has 0 aromatic rings. The van der Waals surface area contributed by atoms with Crippen LogP contribution in [-0.2, 0) is 4.74 Å². The van der Waals surface area contributed by atoms with Crippen molar-refractivity contribution in [1.29, 1.82) is 0 Å². The highest BCUT2D eigenvalue weighted by molar-refractivity contribution is 4.78. The molecule has 0 bridgehead atoms. The van der Waals surface area contributed by atoms with E-state index in [2.05, 4.69) is 19.2 Å². The summed E-state index contributed by atoms with van der Waals surface area (Å²) in [7, 11) is 1.72. The summed E-state index contributed by atoms with van der Waals surface area (Å²) in [6.07, 6.45) is 2.73. The first kappa shape index (κ1) is 14.8. The summed E-state index contributed by atoms with van der Waals surface area (Å²) in [4.78, 5) is 0. The molecular weight excluding hydrogens is 192 g/mol. The normalized spacial score (nSPS) is 14.2. The number of nitrogens with two attached hydrogens (primary N) is 1. The van der Waals surface area contributed by atoms with Crippen molar-refractivity contribution in [1.82, 2.24) is 5.32 Å². The second-order valence-corrected chi connectivity index (χ2v) is 4.49. The number of ether oxygens (including phenoxy) is 1. The number of hydrogen-bond acceptors (Lipinski definition) is 4. The Morgan fingerprint density at radius 2 is 2.07 bits per heavy atom. The van der Waals surface area contributed by atoms with E-state index in [0.717, 1.165) is 25.8 Å². The van der Waals surface area contributed by atoms with Crippen LogP contribution in [0, 0.1) is 0 Å².